The van der Waals surface area contributed by atoms with Crippen molar-refractivity contribution in [3.63, 3.8) is 0 Å². The number of hydrogen-bond donors (Lipinski definition) is 2. The zero-order chi connectivity index (χ0) is 10.6. The molecule has 0 aromatic heterocycles. The van der Waals surface area contributed by atoms with Gasteiger partial charge in [-0.3, -0.25) is 4.52 Å². The Morgan fingerprint density at radius 1 is 1.21 bits per heavy atom. The molecule has 1 aromatic carbocycles. The van der Waals surface area contributed by atoms with Gasteiger partial charge in [-0.2, -0.15) is 0 Å². The van der Waals surface area contributed by atoms with Crippen LogP contribution in [0.25, 0.3) is 0 Å². The first-order valence-corrected chi connectivity index (χ1v) is 5.82. The van der Waals surface area contributed by atoms with E-state index in [1.807, 2.05) is 19.1 Å². The Morgan fingerprint density at radius 3 is 2.14 bits per heavy atom. The zero-order valence-electron chi connectivity index (χ0n) is 7.88. The fraction of sp³-hybridized carbons (Fsp3) is 0.333. The molecule has 0 aliphatic heterocycles. The fourth-order valence-corrected chi connectivity index (χ4v) is 1.35. The van der Waals surface area contributed by atoms with E-state index < -0.39 is 7.82 Å². The largest absolute Gasteiger partial charge is 0.469 e. The van der Waals surface area contributed by atoms with Gasteiger partial charge in [-0.1, -0.05) is 31.2 Å². The van der Waals surface area contributed by atoms with Crippen LogP contribution in [0.3, 0.4) is 0 Å². The van der Waals surface area contributed by atoms with E-state index in [1.165, 1.54) is 5.56 Å². The quantitative estimate of drug-likeness (QED) is 0.754. The predicted octanol–water partition coefficient (Wildman–Crippen LogP) is 1.86. The van der Waals surface area contributed by atoms with Crippen LogP contribution in [0.15, 0.2) is 24.3 Å². The monoisotopic (exact) mass is 216 g/mol. The SMILES string of the molecule is CCc1ccc(COP(=O)(O)O)cc1. The summed E-state index contributed by atoms with van der Waals surface area (Å²) in [7, 11) is -4.35. The fourth-order valence-electron chi connectivity index (χ4n) is 1.03. The molecule has 0 aliphatic rings. The summed E-state index contributed by atoms with van der Waals surface area (Å²) in [6, 6.07) is 7.43. The highest BCUT2D eigenvalue weighted by atomic mass is 31.2. The van der Waals surface area contributed by atoms with Gasteiger partial charge in [0.2, 0.25) is 0 Å². The van der Waals surface area contributed by atoms with E-state index in [-0.39, 0.29) is 6.61 Å². The van der Waals surface area contributed by atoms with Gasteiger partial charge in [-0.15, -0.1) is 0 Å². The van der Waals surface area contributed by atoms with Crippen molar-refractivity contribution in [1.82, 2.24) is 0 Å². The topological polar surface area (TPSA) is 66.8 Å². The number of phosphoric ester groups is 1. The number of benzene rings is 1. The third-order valence-corrected chi connectivity index (χ3v) is 2.30. The lowest BCUT2D eigenvalue weighted by atomic mass is 10.1. The predicted molar refractivity (Wildman–Crippen MR) is 52.7 cm³/mol. The van der Waals surface area contributed by atoms with Gasteiger partial charge in [0.25, 0.3) is 0 Å². The van der Waals surface area contributed by atoms with Crippen molar-refractivity contribution in [3.05, 3.63) is 35.4 Å². The lowest BCUT2D eigenvalue weighted by molar-refractivity contribution is 0.189. The van der Waals surface area contributed by atoms with Gasteiger partial charge in [0.15, 0.2) is 0 Å². The molecular weight excluding hydrogens is 203 g/mol. The summed E-state index contributed by atoms with van der Waals surface area (Å²) in [5.41, 5.74) is 1.94. The van der Waals surface area contributed by atoms with Gasteiger partial charge in [-0.05, 0) is 17.5 Å². The van der Waals surface area contributed by atoms with Crippen molar-refractivity contribution in [2.75, 3.05) is 0 Å². The molecule has 0 unspecified atom stereocenters. The molecule has 0 aliphatic carbocycles. The van der Waals surface area contributed by atoms with Crippen LogP contribution in [-0.4, -0.2) is 9.79 Å². The summed E-state index contributed by atoms with van der Waals surface area (Å²) in [5, 5.41) is 0. The first-order valence-electron chi connectivity index (χ1n) is 4.29. The molecule has 0 fully saturated rings. The van der Waals surface area contributed by atoms with Gasteiger partial charge in [0, 0.05) is 0 Å². The van der Waals surface area contributed by atoms with Crippen LogP contribution >= 0.6 is 7.82 Å². The minimum absolute atomic E-state index is 0.0612. The molecule has 0 heterocycles. The molecule has 0 saturated heterocycles. The molecule has 78 valence electrons. The Bertz CT molecular complexity index is 327. The van der Waals surface area contributed by atoms with Crippen molar-refractivity contribution < 1.29 is 18.9 Å². The average molecular weight is 216 g/mol. The second-order valence-corrected chi connectivity index (χ2v) is 4.17. The molecule has 0 atom stereocenters. The molecule has 2 N–H and O–H groups in total. The van der Waals surface area contributed by atoms with Gasteiger partial charge in [0.05, 0.1) is 6.61 Å². The molecule has 4 nitrogen and oxygen atoms in total. The third-order valence-electron chi connectivity index (χ3n) is 1.83. The van der Waals surface area contributed by atoms with Gasteiger partial charge in [-0.25, -0.2) is 4.57 Å². The van der Waals surface area contributed by atoms with Crippen LogP contribution in [0.4, 0.5) is 0 Å². The second-order valence-electron chi connectivity index (χ2n) is 2.93. The van der Waals surface area contributed by atoms with Crippen LogP contribution < -0.4 is 0 Å². The molecule has 0 saturated carbocycles. The molecule has 0 radical (unpaired) electrons. The number of aryl methyl sites for hydroxylation is 1. The van der Waals surface area contributed by atoms with Crippen LogP contribution in [0.5, 0.6) is 0 Å². The summed E-state index contributed by atoms with van der Waals surface area (Å²) in [4.78, 5) is 16.9. The Labute approximate surface area is 82.8 Å². The maximum atomic E-state index is 10.4. The number of phosphoric acid groups is 1. The third kappa shape index (κ3) is 4.03. The van der Waals surface area contributed by atoms with Gasteiger partial charge in [0.1, 0.15) is 0 Å². The van der Waals surface area contributed by atoms with Crippen LogP contribution in [0.1, 0.15) is 18.1 Å². The summed E-state index contributed by atoms with van der Waals surface area (Å²) in [5.74, 6) is 0. The lowest BCUT2D eigenvalue weighted by Crippen LogP contribution is -1.91. The molecule has 0 amide bonds. The molecule has 0 spiro atoms. The van der Waals surface area contributed by atoms with Crippen molar-refractivity contribution in [2.24, 2.45) is 0 Å². The van der Waals surface area contributed by atoms with Crippen molar-refractivity contribution in [3.8, 4) is 0 Å². The Kier molecular flexibility index (Phi) is 3.84. The summed E-state index contributed by atoms with van der Waals surface area (Å²) < 4.78 is 14.8. The van der Waals surface area contributed by atoms with E-state index in [9.17, 15) is 4.57 Å². The van der Waals surface area contributed by atoms with Crippen molar-refractivity contribution >= 4 is 7.82 Å². The van der Waals surface area contributed by atoms with Crippen LogP contribution in [0.2, 0.25) is 0 Å². The first-order chi connectivity index (χ1) is 6.51. The van der Waals surface area contributed by atoms with E-state index in [0.29, 0.717) is 0 Å². The van der Waals surface area contributed by atoms with Crippen LogP contribution in [0, 0.1) is 0 Å². The second kappa shape index (κ2) is 4.71. The van der Waals surface area contributed by atoms with E-state index in [2.05, 4.69) is 4.52 Å². The normalized spacial score (nSPS) is 11.6. The highest BCUT2D eigenvalue weighted by molar-refractivity contribution is 7.46. The highest BCUT2D eigenvalue weighted by Crippen LogP contribution is 2.36. The van der Waals surface area contributed by atoms with E-state index in [1.54, 1.807) is 12.1 Å². The Morgan fingerprint density at radius 2 is 1.71 bits per heavy atom. The highest BCUT2D eigenvalue weighted by Gasteiger charge is 2.13. The summed E-state index contributed by atoms with van der Waals surface area (Å²) >= 11 is 0. The molecule has 14 heavy (non-hydrogen) atoms. The first kappa shape index (κ1) is 11.4. The maximum Gasteiger partial charge on any atom is 0.469 e. The van der Waals surface area contributed by atoms with E-state index in [0.717, 1.165) is 12.0 Å². The summed E-state index contributed by atoms with van der Waals surface area (Å²) in [6.07, 6.45) is 0.944. The van der Waals surface area contributed by atoms with Gasteiger partial charge >= 0.3 is 7.82 Å². The Hall–Kier alpha value is -0.670. The van der Waals surface area contributed by atoms with E-state index >= 15 is 0 Å². The van der Waals surface area contributed by atoms with E-state index in [4.69, 9.17) is 9.79 Å². The minimum atomic E-state index is -4.35. The molecular formula is C9H13O4P. The van der Waals surface area contributed by atoms with Crippen LogP contribution in [-0.2, 0) is 22.1 Å². The molecule has 5 heteroatoms. The van der Waals surface area contributed by atoms with Gasteiger partial charge < -0.3 is 9.79 Å². The average Bonchev–Trinajstić information content (AvgIpc) is 2.14. The lowest BCUT2D eigenvalue weighted by Gasteiger charge is -2.05. The van der Waals surface area contributed by atoms with Crippen molar-refractivity contribution in [1.29, 1.82) is 0 Å². The summed E-state index contributed by atoms with van der Waals surface area (Å²) in [6.45, 7) is 1.98. The maximum absolute atomic E-state index is 10.4. The molecule has 0 bridgehead atoms. The molecule has 1 rings (SSSR count). The minimum Gasteiger partial charge on any atom is -0.303 e. The Balaban J connectivity index is 2.56. The standard InChI is InChI=1S/C9H13O4P/c1-2-8-3-5-9(6-4-8)7-13-14(10,11)12/h3-6H,2,7H2,1H3,(H2,10,11,12). The molecule has 1 aromatic rings. The number of rotatable bonds is 4. The smallest absolute Gasteiger partial charge is 0.303 e. The number of hydrogen-bond acceptors (Lipinski definition) is 2. The zero-order valence-corrected chi connectivity index (χ0v) is 8.78. The van der Waals surface area contributed by atoms with Crippen molar-refractivity contribution in [2.45, 2.75) is 20.0 Å².